The minimum absolute atomic E-state index is 0.119. The maximum absolute atomic E-state index is 12.0. The molecule has 2 rings (SSSR count). The van der Waals surface area contributed by atoms with Crippen LogP contribution in [0, 0.1) is 0 Å². The summed E-state index contributed by atoms with van der Waals surface area (Å²) in [7, 11) is 1.61. The minimum Gasteiger partial charge on any atom is -0.497 e. The summed E-state index contributed by atoms with van der Waals surface area (Å²) in [5.74, 6) is 1.28. The fourth-order valence-corrected chi connectivity index (χ4v) is 2.03. The fourth-order valence-electron chi connectivity index (χ4n) is 2.03. The zero-order valence-corrected chi connectivity index (χ0v) is 12.9. The Balaban J connectivity index is 1.76. The minimum atomic E-state index is -0.538. The van der Waals surface area contributed by atoms with E-state index in [1.807, 2.05) is 30.3 Å². The van der Waals surface area contributed by atoms with Gasteiger partial charge in [-0.15, -0.1) is 0 Å². The number of methoxy groups -OCH3 is 1. The lowest BCUT2D eigenvalue weighted by Gasteiger charge is -2.15. The molecule has 0 radical (unpaired) electrons. The normalized spacial score (nSPS) is 11.5. The number of carbonyl (C=O) groups excluding carboxylic acids is 1. The molecule has 0 saturated carbocycles. The molecule has 0 aliphatic rings. The molecule has 1 N–H and O–H groups in total. The van der Waals surface area contributed by atoms with E-state index in [2.05, 4.69) is 5.32 Å². The van der Waals surface area contributed by atoms with Crippen LogP contribution < -0.4 is 14.8 Å². The van der Waals surface area contributed by atoms with Crippen LogP contribution in [0.1, 0.15) is 12.5 Å². The first kappa shape index (κ1) is 15.9. The third-order valence-corrected chi connectivity index (χ3v) is 3.30. The van der Waals surface area contributed by atoms with Crippen molar-refractivity contribution in [1.29, 1.82) is 0 Å². The van der Waals surface area contributed by atoms with Crippen LogP contribution in [-0.4, -0.2) is 25.7 Å². The molecule has 4 nitrogen and oxygen atoms in total. The number of rotatable bonds is 7. The van der Waals surface area contributed by atoms with Gasteiger partial charge in [-0.2, -0.15) is 0 Å². The Kier molecular flexibility index (Phi) is 5.83. The monoisotopic (exact) mass is 299 g/mol. The number of hydrogen-bond acceptors (Lipinski definition) is 3. The van der Waals surface area contributed by atoms with Gasteiger partial charge in [-0.25, -0.2) is 0 Å². The van der Waals surface area contributed by atoms with Gasteiger partial charge in [0.15, 0.2) is 6.10 Å². The quantitative estimate of drug-likeness (QED) is 0.855. The number of hydrogen-bond donors (Lipinski definition) is 1. The summed E-state index contributed by atoms with van der Waals surface area (Å²) < 4.78 is 10.7. The number of amides is 1. The van der Waals surface area contributed by atoms with Gasteiger partial charge in [0.05, 0.1) is 7.11 Å². The Hall–Kier alpha value is -2.49. The van der Waals surface area contributed by atoms with E-state index in [0.29, 0.717) is 12.3 Å². The second kappa shape index (κ2) is 8.08. The van der Waals surface area contributed by atoms with Crippen molar-refractivity contribution in [3.8, 4) is 11.5 Å². The molecule has 0 aliphatic heterocycles. The zero-order valence-electron chi connectivity index (χ0n) is 12.9. The molecule has 1 atom stereocenters. The van der Waals surface area contributed by atoms with E-state index in [-0.39, 0.29) is 5.91 Å². The molecule has 0 spiro atoms. The number of carbonyl (C=O) groups is 1. The van der Waals surface area contributed by atoms with E-state index in [9.17, 15) is 4.79 Å². The van der Waals surface area contributed by atoms with Crippen molar-refractivity contribution in [1.82, 2.24) is 5.32 Å². The average Bonchev–Trinajstić information content (AvgIpc) is 2.56. The first-order valence-electron chi connectivity index (χ1n) is 7.31. The lowest BCUT2D eigenvalue weighted by Crippen LogP contribution is -2.37. The molecule has 0 unspecified atom stereocenters. The highest BCUT2D eigenvalue weighted by molar-refractivity contribution is 5.80. The second-order valence-corrected chi connectivity index (χ2v) is 4.96. The molecular weight excluding hydrogens is 278 g/mol. The fraction of sp³-hybridized carbons (Fsp3) is 0.278. The summed E-state index contributed by atoms with van der Waals surface area (Å²) in [5.41, 5.74) is 1.20. The van der Waals surface area contributed by atoms with Gasteiger partial charge < -0.3 is 14.8 Å². The molecule has 116 valence electrons. The largest absolute Gasteiger partial charge is 0.497 e. The number of ether oxygens (including phenoxy) is 2. The Morgan fingerprint density at radius 2 is 1.68 bits per heavy atom. The van der Waals surface area contributed by atoms with E-state index in [4.69, 9.17) is 9.47 Å². The maximum Gasteiger partial charge on any atom is 0.260 e. The van der Waals surface area contributed by atoms with Crippen LogP contribution in [0.3, 0.4) is 0 Å². The lowest BCUT2D eigenvalue weighted by molar-refractivity contribution is -0.127. The summed E-state index contributed by atoms with van der Waals surface area (Å²) in [4.78, 5) is 12.0. The summed E-state index contributed by atoms with van der Waals surface area (Å²) in [6.07, 6.45) is 0.270. The highest BCUT2D eigenvalue weighted by Crippen LogP contribution is 2.18. The van der Waals surface area contributed by atoms with Gasteiger partial charge in [-0.3, -0.25) is 4.79 Å². The van der Waals surface area contributed by atoms with Crippen molar-refractivity contribution >= 4 is 5.91 Å². The predicted octanol–water partition coefficient (Wildman–Crippen LogP) is 2.82. The highest BCUT2D eigenvalue weighted by Gasteiger charge is 2.13. The zero-order chi connectivity index (χ0) is 15.8. The van der Waals surface area contributed by atoms with Crippen molar-refractivity contribution in [2.75, 3.05) is 13.7 Å². The lowest BCUT2D eigenvalue weighted by atomic mass is 10.1. The van der Waals surface area contributed by atoms with Gasteiger partial charge in [0, 0.05) is 6.54 Å². The molecule has 0 aliphatic carbocycles. The first-order valence-corrected chi connectivity index (χ1v) is 7.31. The third kappa shape index (κ3) is 4.81. The van der Waals surface area contributed by atoms with E-state index in [1.54, 1.807) is 38.3 Å². The van der Waals surface area contributed by atoms with E-state index in [1.165, 1.54) is 5.56 Å². The Bertz CT molecular complexity index is 581. The van der Waals surface area contributed by atoms with Crippen LogP contribution in [0.4, 0.5) is 0 Å². The molecule has 2 aromatic rings. The van der Waals surface area contributed by atoms with Gasteiger partial charge in [-0.05, 0) is 43.2 Å². The second-order valence-electron chi connectivity index (χ2n) is 4.96. The van der Waals surface area contributed by atoms with Crippen LogP contribution in [0.15, 0.2) is 54.6 Å². The predicted molar refractivity (Wildman–Crippen MR) is 86.2 cm³/mol. The standard InChI is InChI=1S/C18H21NO3/c1-14(22-17-10-8-16(21-2)9-11-17)18(20)19-13-12-15-6-4-3-5-7-15/h3-11,14H,12-13H2,1-2H3,(H,19,20)/t14-/m1/s1. The molecule has 2 aromatic carbocycles. The Morgan fingerprint density at radius 3 is 2.32 bits per heavy atom. The van der Waals surface area contributed by atoms with Crippen molar-refractivity contribution in [3.05, 3.63) is 60.2 Å². The van der Waals surface area contributed by atoms with Gasteiger partial charge in [0.25, 0.3) is 5.91 Å². The average molecular weight is 299 g/mol. The molecule has 0 heterocycles. The molecule has 0 bridgehead atoms. The molecule has 0 fully saturated rings. The summed E-state index contributed by atoms with van der Waals surface area (Å²) in [6, 6.07) is 17.2. The van der Waals surface area contributed by atoms with E-state index >= 15 is 0 Å². The maximum atomic E-state index is 12.0. The highest BCUT2D eigenvalue weighted by atomic mass is 16.5. The van der Waals surface area contributed by atoms with Crippen molar-refractivity contribution in [2.45, 2.75) is 19.4 Å². The van der Waals surface area contributed by atoms with E-state index in [0.717, 1.165) is 12.2 Å². The molecule has 4 heteroatoms. The van der Waals surface area contributed by atoms with Crippen LogP contribution in [0.2, 0.25) is 0 Å². The number of nitrogens with one attached hydrogen (secondary N) is 1. The summed E-state index contributed by atoms with van der Waals surface area (Å²) in [5, 5.41) is 2.89. The summed E-state index contributed by atoms with van der Waals surface area (Å²) in [6.45, 7) is 2.33. The van der Waals surface area contributed by atoms with Gasteiger partial charge in [0.1, 0.15) is 11.5 Å². The molecular formula is C18H21NO3. The Morgan fingerprint density at radius 1 is 1.05 bits per heavy atom. The van der Waals surface area contributed by atoms with Gasteiger partial charge >= 0.3 is 0 Å². The van der Waals surface area contributed by atoms with E-state index < -0.39 is 6.10 Å². The van der Waals surface area contributed by atoms with Crippen molar-refractivity contribution in [2.24, 2.45) is 0 Å². The SMILES string of the molecule is COc1ccc(O[C@H](C)C(=O)NCCc2ccccc2)cc1. The summed E-state index contributed by atoms with van der Waals surface area (Å²) >= 11 is 0. The van der Waals surface area contributed by atoms with Gasteiger partial charge in [-0.1, -0.05) is 30.3 Å². The van der Waals surface area contributed by atoms with Gasteiger partial charge in [0.2, 0.25) is 0 Å². The van der Waals surface area contributed by atoms with Crippen molar-refractivity contribution < 1.29 is 14.3 Å². The molecule has 0 aromatic heterocycles. The molecule has 0 saturated heterocycles. The smallest absolute Gasteiger partial charge is 0.260 e. The van der Waals surface area contributed by atoms with Crippen LogP contribution >= 0.6 is 0 Å². The van der Waals surface area contributed by atoms with Crippen molar-refractivity contribution in [3.63, 3.8) is 0 Å². The van der Waals surface area contributed by atoms with Crippen LogP contribution in [-0.2, 0) is 11.2 Å². The van der Waals surface area contributed by atoms with Crippen LogP contribution in [0.5, 0.6) is 11.5 Å². The Labute approximate surface area is 131 Å². The molecule has 1 amide bonds. The van der Waals surface area contributed by atoms with Crippen LogP contribution in [0.25, 0.3) is 0 Å². The number of benzene rings is 2. The first-order chi connectivity index (χ1) is 10.7. The third-order valence-electron chi connectivity index (χ3n) is 3.30. The topological polar surface area (TPSA) is 47.6 Å². The molecule has 22 heavy (non-hydrogen) atoms.